The van der Waals surface area contributed by atoms with E-state index in [1.165, 1.54) is 23.5 Å². The highest BCUT2D eigenvalue weighted by molar-refractivity contribution is 8.28. The van der Waals surface area contributed by atoms with Crippen molar-refractivity contribution in [1.82, 2.24) is 0 Å². The van der Waals surface area contributed by atoms with Gasteiger partial charge in [0.25, 0.3) is 0 Å². The molecule has 0 aromatic rings. The highest BCUT2D eigenvalue weighted by Crippen LogP contribution is 2.44. The van der Waals surface area contributed by atoms with Gasteiger partial charge < -0.3 is 0 Å². The first-order chi connectivity index (χ1) is 7.41. The second kappa shape index (κ2) is 5.73. The van der Waals surface area contributed by atoms with Gasteiger partial charge in [-0.25, -0.2) is 0 Å². The average Bonchev–Trinajstić information content (AvgIpc) is 2.64. The van der Waals surface area contributed by atoms with Crippen LogP contribution in [-0.2, 0) is 9.59 Å². The number of allylic oxidation sites excluding steroid dienone is 2. The number of thioether (sulfide) groups is 2. The van der Waals surface area contributed by atoms with E-state index in [0.717, 1.165) is 9.14 Å². The van der Waals surface area contributed by atoms with E-state index in [0.29, 0.717) is 0 Å². The molecule has 0 aliphatic carbocycles. The van der Waals surface area contributed by atoms with Gasteiger partial charge >= 0.3 is 0 Å². The standard InChI is InChI=1S/C12H16O2S2/c1-7(2)9(13)5-11-15-6-10(16-11)12(14)8(3)4/h5-8H,1-4H3/b11-5-. The number of hydrogen-bond acceptors (Lipinski definition) is 4. The Morgan fingerprint density at radius 2 is 1.81 bits per heavy atom. The molecule has 0 saturated heterocycles. The van der Waals surface area contributed by atoms with Crippen molar-refractivity contribution in [3.63, 3.8) is 0 Å². The van der Waals surface area contributed by atoms with E-state index in [1.54, 1.807) is 6.08 Å². The maximum absolute atomic E-state index is 11.7. The Bertz CT molecular complexity index is 365. The zero-order chi connectivity index (χ0) is 12.3. The van der Waals surface area contributed by atoms with E-state index in [4.69, 9.17) is 0 Å². The van der Waals surface area contributed by atoms with Crippen molar-refractivity contribution < 1.29 is 9.59 Å². The first-order valence-corrected chi connectivity index (χ1v) is 6.96. The zero-order valence-electron chi connectivity index (χ0n) is 9.94. The van der Waals surface area contributed by atoms with Crippen molar-refractivity contribution in [2.24, 2.45) is 11.8 Å². The average molecular weight is 256 g/mol. The second-order valence-electron chi connectivity index (χ2n) is 4.24. The van der Waals surface area contributed by atoms with Crippen LogP contribution in [0.5, 0.6) is 0 Å². The molecule has 0 atom stereocenters. The minimum Gasteiger partial charge on any atom is -0.295 e. The first-order valence-electron chi connectivity index (χ1n) is 5.26. The highest BCUT2D eigenvalue weighted by Gasteiger charge is 2.21. The summed E-state index contributed by atoms with van der Waals surface area (Å²) in [6.45, 7) is 7.51. The number of hydrogen-bond donors (Lipinski definition) is 0. The van der Waals surface area contributed by atoms with Gasteiger partial charge in [0.05, 0.1) is 9.14 Å². The lowest BCUT2D eigenvalue weighted by Crippen LogP contribution is -2.06. The van der Waals surface area contributed by atoms with Crippen LogP contribution >= 0.6 is 23.5 Å². The van der Waals surface area contributed by atoms with E-state index in [9.17, 15) is 9.59 Å². The van der Waals surface area contributed by atoms with Crippen LogP contribution in [0.15, 0.2) is 20.6 Å². The molecule has 88 valence electrons. The van der Waals surface area contributed by atoms with Crippen molar-refractivity contribution in [3.05, 3.63) is 20.6 Å². The van der Waals surface area contributed by atoms with Crippen LogP contribution in [0.25, 0.3) is 0 Å². The van der Waals surface area contributed by atoms with Crippen molar-refractivity contribution in [2.75, 3.05) is 0 Å². The summed E-state index contributed by atoms with van der Waals surface area (Å²) in [6.07, 6.45) is 1.64. The number of rotatable bonds is 4. The maximum atomic E-state index is 11.7. The van der Waals surface area contributed by atoms with Crippen LogP contribution in [-0.4, -0.2) is 11.6 Å². The summed E-state index contributed by atoms with van der Waals surface area (Å²) in [5, 5.41) is 1.84. The highest BCUT2D eigenvalue weighted by atomic mass is 32.2. The molecule has 1 aliphatic rings. The fourth-order valence-corrected chi connectivity index (χ4v) is 3.20. The monoisotopic (exact) mass is 256 g/mol. The summed E-state index contributed by atoms with van der Waals surface area (Å²) in [6, 6.07) is 0. The van der Waals surface area contributed by atoms with Crippen molar-refractivity contribution >= 4 is 35.1 Å². The van der Waals surface area contributed by atoms with Gasteiger partial charge in [0.1, 0.15) is 0 Å². The number of Topliss-reactive ketones (excluding diaryl/α,β-unsaturated/α-hetero) is 1. The Balaban J connectivity index is 2.64. The quantitative estimate of drug-likeness (QED) is 0.720. The minimum absolute atomic E-state index is 0.0125. The smallest absolute Gasteiger partial charge is 0.172 e. The van der Waals surface area contributed by atoms with E-state index in [-0.39, 0.29) is 23.4 Å². The van der Waals surface area contributed by atoms with Crippen molar-refractivity contribution in [1.29, 1.82) is 0 Å². The molecular formula is C12H16O2S2. The molecular weight excluding hydrogens is 240 g/mol. The lowest BCUT2D eigenvalue weighted by molar-refractivity contribution is -0.118. The van der Waals surface area contributed by atoms with Crippen molar-refractivity contribution in [2.45, 2.75) is 27.7 Å². The third-order valence-corrected chi connectivity index (χ3v) is 4.34. The molecule has 0 aromatic carbocycles. The van der Waals surface area contributed by atoms with E-state index < -0.39 is 0 Å². The van der Waals surface area contributed by atoms with Gasteiger partial charge in [0, 0.05) is 17.9 Å². The predicted molar refractivity (Wildman–Crippen MR) is 71.0 cm³/mol. The van der Waals surface area contributed by atoms with E-state index >= 15 is 0 Å². The Morgan fingerprint density at radius 3 is 2.31 bits per heavy atom. The van der Waals surface area contributed by atoms with E-state index in [1.807, 2.05) is 33.1 Å². The summed E-state index contributed by atoms with van der Waals surface area (Å²) < 4.78 is 0.905. The van der Waals surface area contributed by atoms with Gasteiger partial charge in [-0.3, -0.25) is 9.59 Å². The van der Waals surface area contributed by atoms with E-state index in [2.05, 4.69) is 0 Å². The molecule has 0 unspecified atom stereocenters. The molecule has 0 N–H and O–H groups in total. The lowest BCUT2D eigenvalue weighted by atomic mass is 10.1. The maximum Gasteiger partial charge on any atom is 0.172 e. The second-order valence-corrected chi connectivity index (χ2v) is 6.49. The van der Waals surface area contributed by atoms with Gasteiger partial charge in [-0.1, -0.05) is 51.2 Å². The normalized spacial score (nSPS) is 18.4. The largest absolute Gasteiger partial charge is 0.295 e. The van der Waals surface area contributed by atoms with Crippen LogP contribution in [0.4, 0.5) is 0 Å². The molecule has 1 heterocycles. The zero-order valence-corrected chi connectivity index (χ0v) is 11.6. The van der Waals surface area contributed by atoms with Gasteiger partial charge in [0.2, 0.25) is 0 Å². The Labute approximate surface area is 105 Å². The summed E-state index contributed by atoms with van der Waals surface area (Å²) in [5.41, 5.74) is 0. The molecule has 0 aromatic heterocycles. The fourth-order valence-electron chi connectivity index (χ4n) is 1.01. The molecule has 0 fully saturated rings. The molecule has 0 radical (unpaired) electrons. The van der Waals surface area contributed by atoms with Crippen LogP contribution in [0.2, 0.25) is 0 Å². The summed E-state index contributed by atoms with van der Waals surface area (Å²) in [4.78, 5) is 23.9. The molecule has 4 heteroatoms. The topological polar surface area (TPSA) is 34.1 Å². The fraction of sp³-hybridized carbons (Fsp3) is 0.500. The molecule has 2 nitrogen and oxygen atoms in total. The third kappa shape index (κ3) is 3.52. The summed E-state index contributed by atoms with van der Waals surface area (Å²) in [7, 11) is 0. The van der Waals surface area contributed by atoms with Crippen LogP contribution < -0.4 is 0 Å². The van der Waals surface area contributed by atoms with Crippen LogP contribution in [0.1, 0.15) is 27.7 Å². The molecule has 0 bridgehead atoms. The van der Waals surface area contributed by atoms with Crippen LogP contribution in [0.3, 0.4) is 0 Å². The molecule has 0 amide bonds. The number of carbonyl (C=O) groups excluding carboxylic acids is 2. The molecule has 1 rings (SSSR count). The number of ketones is 2. The third-order valence-electron chi connectivity index (χ3n) is 2.09. The van der Waals surface area contributed by atoms with Crippen LogP contribution in [0, 0.1) is 11.8 Å². The minimum atomic E-state index is 0.0125. The summed E-state index contributed by atoms with van der Waals surface area (Å²) in [5.74, 6) is 0.289. The van der Waals surface area contributed by atoms with Gasteiger partial charge in [-0.15, -0.1) is 0 Å². The van der Waals surface area contributed by atoms with Gasteiger partial charge in [-0.05, 0) is 5.41 Å². The molecule has 1 aliphatic heterocycles. The molecule has 0 spiro atoms. The van der Waals surface area contributed by atoms with Gasteiger partial charge in [-0.2, -0.15) is 0 Å². The number of carbonyl (C=O) groups is 2. The SMILES string of the molecule is CC(C)C(=O)/C=C1/SC=C(C(=O)C(C)C)S1. The molecule has 16 heavy (non-hydrogen) atoms. The lowest BCUT2D eigenvalue weighted by Gasteiger charge is -2.03. The predicted octanol–water partition coefficient (Wildman–Crippen LogP) is 3.60. The Hall–Kier alpha value is -0.480. The first kappa shape index (κ1) is 13.6. The Morgan fingerprint density at radius 1 is 1.19 bits per heavy atom. The van der Waals surface area contributed by atoms with Gasteiger partial charge in [0.15, 0.2) is 11.6 Å². The Kier molecular flexibility index (Phi) is 4.87. The van der Waals surface area contributed by atoms with Crippen molar-refractivity contribution in [3.8, 4) is 0 Å². The summed E-state index contributed by atoms with van der Waals surface area (Å²) >= 11 is 2.87. The molecule has 0 saturated carbocycles.